The van der Waals surface area contributed by atoms with Gasteiger partial charge < -0.3 is 10.4 Å². The third-order valence-corrected chi connectivity index (χ3v) is 4.09. The average molecular weight is 291 g/mol. The summed E-state index contributed by atoms with van der Waals surface area (Å²) >= 11 is 1.67. The molecule has 1 amide bonds. The summed E-state index contributed by atoms with van der Waals surface area (Å²) in [6.07, 6.45) is 1.67. The first kappa shape index (κ1) is 14.5. The van der Waals surface area contributed by atoms with Crippen molar-refractivity contribution >= 4 is 33.3 Å². The lowest BCUT2D eigenvalue weighted by molar-refractivity contribution is -0.137. The number of rotatable bonds is 7. The van der Waals surface area contributed by atoms with E-state index in [1.807, 2.05) is 12.1 Å². The van der Waals surface area contributed by atoms with Crippen molar-refractivity contribution in [2.75, 3.05) is 0 Å². The van der Waals surface area contributed by atoms with Crippen molar-refractivity contribution in [3.05, 3.63) is 35.2 Å². The highest BCUT2D eigenvalue weighted by Gasteiger charge is 2.06. The molecule has 4 nitrogen and oxygen atoms in total. The number of unbranched alkanes of at least 4 members (excludes halogenated alkanes) is 1. The number of nitrogens with one attached hydrogen (secondary N) is 1. The Morgan fingerprint density at radius 1 is 1.15 bits per heavy atom. The van der Waals surface area contributed by atoms with Crippen molar-refractivity contribution in [2.24, 2.45) is 0 Å². The zero-order chi connectivity index (χ0) is 14.4. The first-order valence-corrected chi connectivity index (χ1v) is 7.48. The van der Waals surface area contributed by atoms with Gasteiger partial charge in [0.2, 0.25) is 5.91 Å². The molecule has 0 saturated heterocycles. The van der Waals surface area contributed by atoms with E-state index >= 15 is 0 Å². The highest BCUT2D eigenvalue weighted by atomic mass is 32.1. The summed E-state index contributed by atoms with van der Waals surface area (Å²) in [5.74, 6) is -0.833. The second kappa shape index (κ2) is 7.05. The molecule has 0 unspecified atom stereocenters. The third-order valence-electron chi connectivity index (χ3n) is 3.08. The summed E-state index contributed by atoms with van der Waals surface area (Å²) in [4.78, 5) is 22.0. The standard InChI is InChI=1S/C15H17NO3S/c17-14(7-3-4-8-15(18)19)16-9-11-10-20-13-6-2-1-5-12(11)13/h1-2,5-6,10H,3-4,7-9H2,(H,16,17)(H,18,19). The van der Waals surface area contributed by atoms with Gasteiger partial charge in [0.05, 0.1) is 0 Å². The SMILES string of the molecule is O=C(O)CCCCC(=O)NCc1csc2ccccc12. The Labute approximate surface area is 121 Å². The number of hydrogen-bond donors (Lipinski definition) is 2. The predicted octanol–water partition coefficient (Wildman–Crippen LogP) is 3.16. The van der Waals surface area contributed by atoms with Crippen molar-refractivity contribution in [3.63, 3.8) is 0 Å². The zero-order valence-electron chi connectivity index (χ0n) is 11.1. The van der Waals surface area contributed by atoms with Gasteiger partial charge in [0.1, 0.15) is 0 Å². The van der Waals surface area contributed by atoms with Crippen LogP contribution in [0.1, 0.15) is 31.2 Å². The van der Waals surface area contributed by atoms with Gasteiger partial charge in [-0.25, -0.2) is 0 Å². The summed E-state index contributed by atoms with van der Waals surface area (Å²) in [5, 5.41) is 14.6. The molecular weight excluding hydrogens is 274 g/mol. The summed E-state index contributed by atoms with van der Waals surface area (Å²) in [6.45, 7) is 0.530. The van der Waals surface area contributed by atoms with Gasteiger partial charge in [0, 0.05) is 24.1 Å². The number of fused-ring (bicyclic) bond motifs is 1. The molecule has 0 saturated carbocycles. The van der Waals surface area contributed by atoms with Crippen LogP contribution in [0.25, 0.3) is 10.1 Å². The molecule has 2 aromatic rings. The highest BCUT2D eigenvalue weighted by molar-refractivity contribution is 7.17. The molecule has 5 heteroatoms. The largest absolute Gasteiger partial charge is 0.481 e. The van der Waals surface area contributed by atoms with E-state index in [0.717, 1.165) is 5.56 Å². The Morgan fingerprint density at radius 3 is 2.70 bits per heavy atom. The van der Waals surface area contributed by atoms with Crippen LogP contribution in [0, 0.1) is 0 Å². The molecule has 2 N–H and O–H groups in total. The topological polar surface area (TPSA) is 66.4 Å². The van der Waals surface area contributed by atoms with E-state index in [2.05, 4.69) is 22.8 Å². The van der Waals surface area contributed by atoms with Crippen molar-refractivity contribution in [2.45, 2.75) is 32.2 Å². The fourth-order valence-corrected chi connectivity index (χ4v) is 2.98. The van der Waals surface area contributed by atoms with E-state index in [9.17, 15) is 9.59 Å². The van der Waals surface area contributed by atoms with E-state index < -0.39 is 5.97 Å². The lowest BCUT2D eigenvalue weighted by Crippen LogP contribution is -2.22. The molecular formula is C15H17NO3S. The van der Waals surface area contributed by atoms with Crippen molar-refractivity contribution in [3.8, 4) is 0 Å². The fourth-order valence-electron chi connectivity index (χ4n) is 2.01. The van der Waals surface area contributed by atoms with Crippen molar-refractivity contribution in [1.82, 2.24) is 5.32 Å². The maximum absolute atomic E-state index is 11.7. The quantitative estimate of drug-likeness (QED) is 0.770. The predicted molar refractivity (Wildman–Crippen MR) is 79.8 cm³/mol. The molecule has 0 bridgehead atoms. The van der Waals surface area contributed by atoms with E-state index in [1.165, 1.54) is 10.1 Å². The molecule has 1 heterocycles. The Hall–Kier alpha value is -1.88. The zero-order valence-corrected chi connectivity index (χ0v) is 11.9. The van der Waals surface area contributed by atoms with Crippen LogP contribution in [0.4, 0.5) is 0 Å². The van der Waals surface area contributed by atoms with Crippen LogP contribution in [-0.2, 0) is 16.1 Å². The van der Waals surface area contributed by atoms with Crippen LogP contribution >= 0.6 is 11.3 Å². The molecule has 0 atom stereocenters. The number of benzene rings is 1. The van der Waals surface area contributed by atoms with Gasteiger partial charge in [-0.15, -0.1) is 11.3 Å². The monoisotopic (exact) mass is 291 g/mol. The van der Waals surface area contributed by atoms with Crippen LogP contribution in [0.15, 0.2) is 29.6 Å². The normalized spacial score (nSPS) is 10.6. The average Bonchev–Trinajstić information content (AvgIpc) is 2.84. The van der Waals surface area contributed by atoms with Gasteiger partial charge in [-0.05, 0) is 35.2 Å². The molecule has 0 radical (unpaired) electrons. The smallest absolute Gasteiger partial charge is 0.303 e. The van der Waals surface area contributed by atoms with Crippen molar-refractivity contribution < 1.29 is 14.7 Å². The van der Waals surface area contributed by atoms with Crippen LogP contribution in [0.5, 0.6) is 0 Å². The van der Waals surface area contributed by atoms with Crippen molar-refractivity contribution in [1.29, 1.82) is 0 Å². The molecule has 1 aromatic carbocycles. The first-order valence-electron chi connectivity index (χ1n) is 6.60. The van der Waals surface area contributed by atoms with E-state index in [0.29, 0.717) is 25.8 Å². The molecule has 106 valence electrons. The van der Waals surface area contributed by atoms with Gasteiger partial charge in [-0.3, -0.25) is 9.59 Å². The van der Waals surface area contributed by atoms with E-state index in [4.69, 9.17) is 5.11 Å². The van der Waals surface area contributed by atoms with Crippen LogP contribution in [0.3, 0.4) is 0 Å². The van der Waals surface area contributed by atoms with Crippen LogP contribution in [-0.4, -0.2) is 17.0 Å². The van der Waals surface area contributed by atoms with Crippen LogP contribution < -0.4 is 5.32 Å². The van der Waals surface area contributed by atoms with Crippen LogP contribution in [0.2, 0.25) is 0 Å². The molecule has 1 aromatic heterocycles. The van der Waals surface area contributed by atoms with Gasteiger partial charge in [-0.2, -0.15) is 0 Å². The number of carboxylic acids is 1. The highest BCUT2D eigenvalue weighted by Crippen LogP contribution is 2.25. The Balaban J connectivity index is 1.77. The molecule has 0 aliphatic carbocycles. The Morgan fingerprint density at radius 2 is 1.90 bits per heavy atom. The third kappa shape index (κ3) is 4.06. The number of aliphatic carboxylic acids is 1. The lowest BCUT2D eigenvalue weighted by atomic mass is 10.1. The molecule has 0 aliphatic heterocycles. The van der Waals surface area contributed by atoms with E-state index in [1.54, 1.807) is 11.3 Å². The fraction of sp³-hybridized carbons (Fsp3) is 0.333. The Kier molecular flexibility index (Phi) is 5.12. The Bertz CT molecular complexity index is 606. The maximum Gasteiger partial charge on any atom is 0.303 e. The minimum Gasteiger partial charge on any atom is -0.481 e. The number of hydrogen-bond acceptors (Lipinski definition) is 3. The molecule has 0 aliphatic rings. The molecule has 0 spiro atoms. The summed E-state index contributed by atoms with van der Waals surface area (Å²) in [5.41, 5.74) is 1.13. The number of carbonyl (C=O) groups excluding carboxylic acids is 1. The molecule has 20 heavy (non-hydrogen) atoms. The summed E-state index contributed by atoms with van der Waals surface area (Å²) < 4.78 is 1.22. The van der Waals surface area contributed by atoms with Gasteiger partial charge in [0.15, 0.2) is 0 Å². The minimum atomic E-state index is -0.810. The second-order valence-electron chi connectivity index (χ2n) is 4.63. The molecule has 2 rings (SSSR count). The molecule has 0 fully saturated rings. The lowest BCUT2D eigenvalue weighted by Gasteiger charge is -2.04. The van der Waals surface area contributed by atoms with E-state index in [-0.39, 0.29) is 12.3 Å². The maximum atomic E-state index is 11.7. The van der Waals surface area contributed by atoms with Gasteiger partial charge in [-0.1, -0.05) is 18.2 Å². The number of carboxylic acid groups (broad SMARTS) is 1. The number of amides is 1. The number of thiophene rings is 1. The minimum absolute atomic E-state index is 0.0225. The summed E-state index contributed by atoms with van der Waals surface area (Å²) in [7, 11) is 0. The first-order chi connectivity index (χ1) is 9.66. The second-order valence-corrected chi connectivity index (χ2v) is 5.55. The number of carbonyl (C=O) groups is 2. The van der Waals surface area contributed by atoms with Gasteiger partial charge in [0.25, 0.3) is 0 Å². The van der Waals surface area contributed by atoms with Gasteiger partial charge >= 0.3 is 5.97 Å². The summed E-state index contributed by atoms with van der Waals surface area (Å²) in [6, 6.07) is 8.12.